The van der Waals surface area contributed by atoms with Gasteiger partial charge in [0.2, 0.25) is 0 Å². The molecule has 1 heterocycles. The summed E-state index contributed by atoms with van der Waals surface area (Å²) >= 11 is 1.76. The highest BCUT2D eigenvalue weighted by atomic mass is 32.1. The molecule has 0 saturated heterocycles. The van der Waals surface area contributed by atoms with Crippen LogP contribution in [0, 0.1) is 0 Å². The summed E-state index contributed by atoms with van der Waals surface area (Å²) in [4.78, 5) is 4.63. The summed E-state index contributed by atoms with van der Waals surface area (Å²) in [5, 5.41) is 1.16. The Morgan fingerprint density at radius 3 is 2.56 bits per heavy atom. The van der Waals surface area contributed by atoms with Crippen molar-refractivity contribution in [1.29, 1.82) is 0 Å². The van der Waals surface area contributed by atoms with Crippen LogP contribution in [-0.4, -0.2) is 10.5 Å². The van der Waals surface area contributed by atoms with E-state index in [4.69, 9.17) is 5.73 Å². The average molecular weight is 234 g/mol. The van der Waals surface area contributed by atoms with Crippen LogP contribution in [0.1, 0.15) is 31.7 Å². The molecule has 1 aromatic heterocycles. The molecule has 0 fully saturated rings. The van der Waals surface area contributed by atoms with Crippen molar-refractivity contribution in [3.63, 3.8) is 0 Å². The fourth-order valence-electron chi connectivity index (χ4n) is 1.80. The number of rotatable bonds is 4. The van der Waals surface area contributed by atoms with Crippen molar-refractivity contribution in [2.75, 3.05) is 0 Å². The number of benzene rings is 1. The molecule has 2 N–H and O–H groups in total. The van der Waals surface area contributed by atoms with E-state index in [1.807, 2.05) is 6.07 Å². The van der Waals surface area contributed by atoms with Crippen molar-refractivity contribution in [3.05, 3.63) is 29.3 Å². The Hall–Kier alpha value is -0.930. The fraction of sp³-hybridized carbons (Fsp3) is 0.462. The van der Waals surface area contributed by atoms with E-state index in [0.717, 1.165) is 29.8 Å². The van der Waals surface area contributed by atoms with Gasteiger partial charge in [-0.1, -0.05) is 26.0 Å². The largest absolute Gasteiger partial charge is 0.325 e. The third kappa shape index (κ3) is 2.25. The predicted octanol–water partition coefficient (Wildman–Crippen LogP) is 3.36. The normalized spacial score (nSPS) is 12.2. The summed E-state index contributed by atoms with van der Waals surface area (Å²) in [5.74, 6) is 0. The fourth-order valence-corrected chi connectivity index (χ4v) is 2.92. The first-order chi connectivity index (χ1) is 7.67. The molecule has 0 saturated carbocycles. The first kappa shape index (κ1) is 11.6. The summed E-state index contributed by atoms with van der Waals surface area (Å²) in [5.41, 5.74) is 7.32. The second kappa shape index (κ2) is 4.52. The molecule has 2 aromatic rings. The molecule has 3 heteroatoms. The maximum Gasteiger partial charge on any atom is 0.0956 e. The van der Waals surface area contributed by atoms with Crippen LogP contribution in [0.5, 0.6) is 0 Å². The first-order valence-electron chi connectivity index (χ1n) is 5.80. The number of aromatic nitrogens is 1. The van der Waals surface area contributed by atoms with Crippen molar-refractivity contribution in [3.8, 4) is 0 Å². The number of nitrogens with zero attached hydrogens (tertiary/aromatic N) is 1. The zero-order chi connectivity index (χ0) is 11.6. The zero-order valence-electron chi connectivity index (χ0n) is 9.86. The van der Waals surface area contributed by atoms with E-state index >= 15 is 0 Å². The van der Waals surface area contributed by atoms with Crippen LogP contribution < -0.4 is 5.73 Å². The molecule has 0 aliphatic carbocycles. The van der Waals surface area contributed by atoms with Crippen LogP contribution in [0.25, 0.3) is 10.2 Å². The summed E-state index contributed by atoms with van der Waals surface area (Å²) < 4.78 is 1.26. The van der Waals surface area contributed by atoms with Gasteiger partial charge in [0.25, 0.3) is 0 Å². The summed E-state index contributed by atoms with van der Waals surface area (Å²) in [6.07, 6.45) is 2.89. The lowest BCUT2D eigenvalue weighted by molar-refractivity contribution is 0.393. The maximum absolute atomic E-state index is 6.32. The van der Waals surface area contributed by atoms with E-state index in [9.17, 15) is 0 Å². The quantitative estimate of drug-likeness (QED) is 0.881. The van der Waals surface area contributed by atoms with Gasteiger partial charge in [-0.2, -0.15) is 0 Å². The third-order valence-corrected chi connectivity index (χ3v) is 4.29. The summed E-state index contributed by atoms with van der Waals surface area (Å²) in [7, 11) is 0. The lowest BCUT2D eigenvalue weighted by Gasteiger charge is -2.25. The average Bonchev–Trinajstić information content (AvgIpc) is 2.70. The Morgan fingerprint density at radius 1 is 1.25 bits per heavy atom. The Bertz CT molecular complexity index is 438. The molecule has 0 unspecified atom stereocenters. The second-order valence-electron chi connectivity index (χ2n) is 4.32. The van der Waals surface area contributed by atoms with Crippen molar-refractivity contribution >= 4 is 21.6 Å². The number of para-hydroxylation sites is 1. The lowest BCUT2D eigenvalue weighted by Crippen LogP contribution is -2.40. The van der Waals surface area contributed by atoms with Gasteiger partial charge in [-0.15, -0.1) is 11.3 Å². The molecule has 16 heavy (non-hydrogen) atoms. The van der Waals surface area contributed by atoms with Gasteiger partial charge in [0.15, 0.2) is 0 Å². The monoisotopic (exact) mass is 234 g/mol. The molecule has 0 aliphatic rings. The number of hydrogen-bond acceptors (Lipinski definition) is 3. The molecular formula is C13H18N2S. The number of nitrogens with two attached hydrogens (primary N) is 1. The molecule has 0 aliphatic heterocycles. The van der Waals surface area contributed by atoms with Gasteiger partial charge in [-0.25, -0.2) is 4.98 Å². The highest BCUT2D eigenvalue weighted by Crippen LogP contribution is 2.26. The third-order valence-electron chi connectivity index (χ3n) is 3.25. The molecule has 1 aromatic carbocycles. The Kier molecular flexibility index (Phi) is 3.26. The van der Waals surface area contributed by atoms with Gasteiger partial charge in [0.1, 0.15) is 0 Å². The van der Waals surface area contributed by atoms with Crippen LogP contribution >= 0.6 is 11.3 Å². The van der Waals surface area contributed by atoms with E-state index in [2.05, 4.69) is 37.0 Å². The minimum Gasteiger partial charge on any atom is -0.325 e. The van der Waals surface area contributed by atoms with Crippen molar-refractivity contribution in [2.45, 2.75) is 38.6 Å². The topological polar surface area (TPSA) is 38.9 Å². The molecule has 0 amide bonds. The standard InChI is InChI=1S/C13H18N2S/c1-3-13(14,4-2)9-12-15-10-7-5-6-8-11(10)16-12/h5-8H,3-4,9,14H2,1-2H3. The minimum absolute atomic E-state index is 0.0894. The molecule has 0 radical (unpaired) electrons. The SMILES string of the molecule is CCC(N)(CC)Cc1nc2ccccc2s1. The maximum atomic E-state index is 6.32. The van der Waals surface area contributed by atoms with Gasteiger partial charge in [0, 0.05) is 12.0 Å². The van der Waals surface area contributed by atoms with E-state index in [-0.39, 0.29) is 5.54 Å². The van der Waals surface area contributed by atoms with Crippen LogP contribution in [0.2, 0.25) is 0 Å². The molecule has 86 valence electrons. The lowest BCUT2D eigenvalue weighted by atomic mass is 9.91. The van der Waals surface area contributed by atoms with E-state index < -0.39 is 0 Å². The van der Waals surface area contributed by atoms with E-state index in [0.29, 0.717) is 0 Å². The van der Waals surface area contributed by atoms with Gasteiger partial charge >= 0.3 is 0 Å². The number of fused-ring (bicyclic) bond motifs is 1. The Balaban J connectivity index is 2.27. The van der Waals surface area contributed by atoms with Gasteiger partial charge in [-0.05, 0) is 25.0 Å². The molecule has 0 atom stereocenters. The van der Waals surface area contributed by atoms with E-state index in [1.165, 1.54) is 4.70 Å². The molecular weight excluding hydrogens is 216 g/mol. The number of hydrogen-bond donors (Lipinski definition) is 1. The summed E-state index contributed by atoms with van der Waals surface area (Å²) in [6, 6.07) is 8.26. The zero-order valence-corrected chi connectivity index (χ0v) is 10.7. The van der Waals surface area contributed by atoms with Crippen LogP contribution in [-0.2, 0) is 6.42 Å². The first-order valence-corrected chi connectivity index (χ1v) is 6.62. The Labute approximate surface area is 101 Å². The molecule has 2 nitrogen and oxygen atoms in total. The smallest absolute Gasteiger partial charge is 0.0956 e. The van der Waals surface area contributed by atoms with Crippen LogP contribution in [0.3, 0.4) is 0 Å². The highest BCUT2D eigenvalue weighted by molar-refractivity contribution is 7.18. The molecule has 2 rings (SSSR count). The number of thiazole rings is 1. The van der Waals surface area contributed by atoms with Crippen LogP contribution in [0.15, 0.2) is 24.3 Å². The van der Waals surface area contributed by atoms with Crippen molar-refractivity contribution in [2.24, 2.45) is 5.73 Å². The Morgan fingerprint density at radius 2 is 1.94 bits per heavy atom. The van der Waals surface area contributed by atoms with Gasteiger partial charge in [-0.3, -0.25) is 0 Å². The van der Waals surface area contributed by atoms with Gasteiger partial charge in [0.05, 0.1) is 15.2 Å². The molecule has 0 bridgehead atoms. The van der Waals surface area contributed by atoms with E-state index in [1.54, 1.807) is 11.3 Å². The molecule has 0 spiro atoms. The van der Waals surface area contributed by atoms with Crippen molar-refractivity contribution in [1.82, 2.24) is 4.98 Å². The predicted molar refractivity (Wildman–Crippen MR) is 70.8 cm³/mol. The van der Waals surface area contributed by atoms with Crippen molar-refractivity contribution < 1.29 is 0 Å². The highest BCUT2D eigenvalue weighted by Gasteiger charge is 2.22. The van der Waals surface area contributed by atoms with Gasteiger partial charge < -0.3 is 5.73 Å². The second-order valence-corrected chi connectivity index (χ2v) is 5.44. The van der Waals surface area contributed by atoms with Crippen LogP contribution in [0.4, 0.5) is 0 Å². The minimum atomic E-state index is -0.0894. The summed E-state index contributed by atoms with van der Waals surface area (Å²) in [6.45, 7) is 4.30.